The Labute approximate surface area is 139 Å². The number of benzene rings is 1. The van der Waals surface area contributed by atoms with E-state index < -0.39 is 0 Å². The topological polar surface area (TPSA) is 12.0 Å². The van der Waals surface area contributed by atoms with E-state index in [1.54, 1.807) is 0 Å². The molecule has 2 aromatic rings. The van der Waals surface area contributed by atoms with Crippen LogP contribution in [0.5, 0.6) is 0 Å². The van der Waals surface area contributed by atoms with Gasteiger partial charge < -0.3 is 5.32 Å². The molecule has 0 radical (unpaired) electrons. The highest BCUT2D eigenvalue weighted by atomic mass is 79.9. The summed E-state index contributed by atoms with van der Waals surface area (Å²) in [6, 6.07) is 9.33. The van der Waals surface area contributed by atoms with Crippen molar-refractivity contribution in [3.63, 3.8) is 0 Å². The van der Waals surface area contributed by atoms with Gasteiger partial charge >= 0.3 is 0 Å². The van der Waals surface area contributed by atoms with Crippen LogP contribution in [0.15, 0.2) is 34.1 Å². The number of hydrogen-bond donors (Lipinski definition) is 1. The minimum atomic E-state index is 0.464. The first-order chi connectivity index (χ1) is 10.1. The van der Waals surface area contributed by atoms with Gasteiger partial charge in [0.05, 0.1) is 6.04 Å². The fourth-order valence-corrected chi connectivity index (χ4v) is 5.03. The van der Waals surface area contributed by atoms with Crippen molar-refractivity contribution in [2.45, 2.75) is 45.6 Å². The van der Waals surface area contributed by atoms with Gasteiger partial charge in [-0.25, -0.2) is 0 Å². The standard InChI is InChI=1S/C18H22BrNS/c1-12-10-15(19)11-13(2)17(12)20-18(14-6-3-4-7-14)16-8-5-9-21-16/h5,8-11,14,18,20H,3-4,6-7H2,1-2H3. The zero-order valence-corrected chi connectivity index (χ0v) is 15.1. The molecule has 1 aromatic heterocycles. The summed E-state index contributed by atoms with van der Waals surface area (Å²) in [7, 11) is 0. The number of hydrogen-bond acceptors (Lipinski definition) is 2. The van der Waals surface area contributed by atoms with Gasteiger partial charge in [0.15, 0.2) is 0 Å². The largest absolute Gasteiger partial charge is 0.377 e. The molecular formula is C18H22BrNS. The molecule has 0 aliphatic heterocycles. The van der Waals surface area contributed by atoms with Gasteiger partial charge in [0.25, 0.3) is 0 Å². The molecule has 1 nitrogen and oxygen atoms in total. The lowest BCUT2D eigenvalue weighted by molar-refractivity contribution is 0.475. The fourth-order valence-electron chi connectivity index (χ4n) is 3.47. The van der Waals surface area contributed by atoms with E-state index in [1.165, 1.54) is 47.4 Å². The van der Waals surface area contributed by atoms with Crippen LogP contribution >= 0.6 is 27.3 Å². The van der Waals surface area contributed by atoms with Crippen LogP contribution in [0.2, 0.25) is 0 Å². The number of aryl methyl sites for hydroxylation is 2. The van der Waals surface area contributed by atoms with E-state index in [0.29, 0.717) is 6.04 Å². The van der Waals surface area contributed by atoms with Gasteiger partial charge in [0.2, 0.25) is 0 Å². The molecule has 1 fully saturated rings. The Morgan fingerprint density at radius 3 is 2.43 bits per heavy atom. The summed E-state index contributed by atoms with van der Waals surface area (Å²) in [6.07, 6.45) is 5.47. The summed E-state index contributed by atoms with van der Waals surface area (Å²) >= 11 is 5.47. The monoisotopic (exact) mass is 363 g/mol. The molecular weight excluding hydrogens is 342 g/mol. The van der Waals surface area contributed by atoms with E-state index in [9.17, 15) is 0 Å². The quantitative estimate of drug-likeness (QED) is 0.655. The number of thiophene rings is 1. The molecule has 1 atom stereocenters. The van der Waals surface area contributed by atoms with Gasteiger partial charge in [0.1, 0.15) is 0 Å². The smallest absolute Gasteiger partial charge is 0.0634 e. The van der Waals surface area contributed by atoms with Crippen molar-refractivity contribution in [1.82, 2.24) is 0 Å². The van der Waals surface area contributed by atoms with Gasteiger partial charge in [0, 0.05) is 15.0 Å². The highest BCUT2D eigenvalue weighted by molar-refractivity contribution is 9.10. The highest BCUT2D eigenvalue weighted by Gasteiger charge is 2.27. The van der Waals surface area contributed by atoms with Crippen LogP contribution < -0.4 is 5.32 Å². The lowest BCUT2D eigenvalue weighted by Crippen LogP contribution is -2.19. The third-order valence-electron chi connectivity index (χ3n) is 4.52. The summed E-state index contributed by atoms with van der Waals surface area (Å²) in [5.74, 6) is 0.770. The minimum Gasteiger partial charge on any atom is -0.377 e. The van der Waals surface area contributed by atoms with Gasteiger partial charge in [-0.05, 0) is 67.3 Å². The Bertz CT molecular complexity index is 577. The van der Waals surface area contributed by atoms with Crippen LogP contribution in [0, 0.1) is 19.8 Å². The number of rotatable bonds is 4. The molecule has 1 unspecified atom stereocenters. The highest BCUT2D eigenvalue weighted by Crippen LogP contribution is 2.40. The predicted octanol–water partition coefficient (Wildman–Crippen LogP) is 6.47. The zero-order valence-electron chi connectivity index (χ0n) is 12.7. The average Bonchev–Trinajstić information content (AvgIpc) is 3.11. The molecule has 1 N–H and O–H groups in total. The molecule has 3 heteroatoms. The molecule has 1 saturated carbocycles. The summed E-state index contributed by atoms with van der Waals surface area (Å²) in [5, 5.41) is 6.07. The van der Waals surface area contributed by atoms with Crippen molar-refractivity contribution < 1.29 is 0 Å². The van der Waals surface area contributed by atoms with Crippen LogP contribution in [0.4, 0.5) is 5.69 Å². The summed E-state index contributed by atoms with van der Waals surface area (Å²) < 4.78 is 1.16. The van der Waals surface area contributed by atoms with Crippen molar-refractivity contribution in [2.24, 2.45) is 5.92 Å². The molecule has 3 rings (SSSR count). The predicted molar refractivity (Wildman–Crippen MR) is 96.3 cm³/mol. The maximum Gasteiger partial charge on any atom is 0.0634 e. The second-order valence-electron chi connectivity index (χ2n) is 6.10. The molecule has 0 amide bonds. The van der Waals surface area contributed by atoms with Crippen LogP contribution in [0.3, 0.4) is 0 Å². The number of nitrogens with one attached hydrogen (secondary N) is 1. The second-order valence-corrected chi connectivity index (χ2v) is 7.99. The molecule has 1 aromatic carbocycles. The minimum absolute atomic E-state index is 0.464. The van der Waals surface area contributed by atoms with Gasteiger partial charge in [-0.1, -0.05) is 34.8 Å². The fraction of sp³-hybridized carbons (Fsp3) is 0.444. The average molecular weight is 364 g/mol. The first-order valence-corrected chi connectivity index (χ1v) is 9.39. The van der Waals surface area contributed by atoms with Crippen molar-refractivity contribution in [3.8, 4) is 0 Å². The summed E-state index contributed by atoms with van der Waals surface area (Å²) in [5.41, 5.74) is 3.95. The Morgan fingerprint density at radius 1 is 1.19 bits per heavy atom. The van der Waals surface area contributed by atoms with E-state index >= 15 is 0 Å². The third-order valence-corrected chi connectivity index (χ3v) is 5.93. The van der Waals surface area contributed by atoms with Crippen LogP contribution in [0.1, 0.15) is 47.7 Å². The zero-order chi connectivity index (χ0) is 14.8. The maximum absolute atomic E-state index is 3.88. The molecule has 21 heavy (non-hydrogen) atoms. The maximum atomic E-state index is 3.88. The van der Waals surface area contributed by atoms with Crippen molar-refractivity contribution in [1.29, 1.82) is 0 Å². The lowest BCUT2D eigenvalue weighted by atomic mass is 9.95. The molecule has 0 bridgehead atoms. The Morgan fingerprint density at radius 2 is 1.86 bits per heavy atom. The van der Waals surface area contributed by atoms with E-state index in [4.69, 9.17) is 0 Å². The molecule has 0 spiro atoms. The van der Waals surface area contributed by atoms with Crippen molar-refractivity contribution >= 4 is 33.0 Å². The van der Waals surface area contributed by atoms with E-state index in [-0.39, 0.29) is 0 Å². The molecule has 0 saturated heterocycles. The van der Waals surface area contributed by atoms with Gasteiger partial charge in [-0.2, -0.15) is 0 Å². The molecule has 112 valence electrons. The molecule has 1 aliphatic carbocycles. The van der Waals surface area contributed by atoms with E-state index in [0.717, 1.165) is 10.4 Å². The Hall–Kier alpha value is -0.800. The third kappa shape index (κ3) is 3.35. The van der Waals surface area contributed by atoms with E-state index in [1.807, 2.05) is 11.3 Å². The van der Waals surface area contributed by atoms with Crippen LogP contribution in [0.25, 0.3) is 0 Å². The molecule has 1 aliphatic rings. The normalized spacial score (nSPS) is 17.1. The van der Waals surface area contributed by atoms with Crippen molar-refractivity contribution in [3.05, 3.63) is 50.1 Å². The van der Waals surface area contributed by atoms with Crippen LogP contribution in [-0.4, -0.2) is 0 Å². The Balaban J connectivity index is 1.91. The summed E-state index contributed by atoms with van der Waals surface area (Å²) in [6.45, 7) is 4.39. The number of halogens is 1. The first-order valence-electron chi connectivity index (χ1n) is 7.72. The van der Waals surface area contributed by atoms with Crippen LogP contribution in [-0.2, 0) is 0 Å². The lowest BCUT2D eigenvalue weighted by Gasteiger charge is -2.27. The van der Waals surface area contributed by atoms with Gasteiger partial charge in [-0.3, -0.25) is 0 Å². The number of anilines is 1. The van der Waals surface area contributed by atoms with Gasteiger partial charge in [-0.15, -0.1) is 11.3 Å². The Kier molecular flexibility index (Phi) is 4.70. The first kappa shape index (κ1) is 15.1. The molecule has 1 heterocycles. The van der Waals surface area contributed by atoms with Crippen molar-refractivity contribution in [2.75, 3.05) is 5.32 Å². The van der Waals surface area contributed by atoms with E-state index in [2.05, 4.69) is 64.7 Å². The summed E-state index contributed by atoms with van der Waals surface area (Å²) in [4.78, 5) is 1.48. The second kappa shape index (κ2) is 6.53. The SMILES string of the molecule is Cc1cc(Br)cc(C)c1NC(c1cccs1)C1CCCC1.